The molecule has 2 aliphatic heterocycles. The van der Waals surface area contributed by atoms with Crippen LogP contribution in [0.5, 0.6) is 0 Å². The van der Waals surface area contributed by atoms with E-state index in [4.69, 9.17) is 5.73 Å². The Labute approximate surface area is 286 Å². The molecule has 48 heavy (non-hydrogen) atoms. The van der Waals surface area contributed by atoms with Crippen molar-refractivity contribution >= 4 is 29.5 Å². The highest BCUT2D eigenvalue weighted by molar-refractivity contribution is 6.37. The Kier molecular flexibility index (Phi) is 10.3. The fraction of sp³-hybridized carbons (Fsp3) is 0.861. The number of nitrogens with two attached hydrogens (primary N) is 1. The molecule has 270 valence electrons. The number of nitrogens with zero attached hydrogens (tertiary/aromatic N) is 2. The van der Waals surface area contributed by atoms with Crippen LogP contribution in [-0.2, 0) is 19.2 Å². The predicted octanol–water partition coefficient (Wildman–Crippen LogP) is 2.16. The number of carbonyl (C=O) groups excluding carboxylic acids is 5. The Morgan fingerprint density at radius 2 is 1.58 bits per heavy atom. The minimum atomic E-state index is -1.06. The lowest BCUT2D eigenvalue weighted by atomic mass is 9.73. The summed E-state index contributed by atoms with van der Waals surface area (Å²) in [6.45, 7) is 19.3. The molecule has 5 fully saturated rings. The van der Waals surface area contributed by atoms with E-state index in [0.717, 1.165) is 71.2 Å². The summed E-state index contributed by atoms with van der Waals surface area (Å²) in [5.74, 6) is -2.15. The first-order chi connectivity index (χ1) is 22.4. The molecule has 12 nitrogen and oxygen atoms in total. The van der Waals surface area contributed by atoms with Gasteiger partial charge in [0.05, 0.1) is 6.04 Å². The van der Waals surface area contributed by atoms with Crippen molar-refractivity contribution in [3.05, 3.63) is 0 Å². The summed E-state index contributed by atoms with van der Waals surface area (Å²) in [5.41, 5.74) is 4.53. The lowest BCUT2D eigenvalue weighted by molar-refractivity contribution is -0.143. The second-order valence-corrected chi connectivity index (χ2v) is 17.5. The van der Waals surface area contributed by atoms with E-state index in [1.807, 2.05) is 20.8 Å². The molecule has 0 aromatic rings. The van der Waals surface area contributed by atoms with Gasteiger partial charge in [-0.25, -0.2) is 4.79 Å². The lowest BCUT2D eigenvalue weighted by Gasteiger charge is -2.37. The number of rotatable bonds is 12. The first-order valence-electron chi connectivity index (χ1n) is 18.4. The van der Waals surface area contributed by atoms with E-state index in [1.54, 1.807) is 4.90 Å². The zero-order valence-electron chi connectivity index (χ0n) is 30.4. The molecule has 3 saturated carbocycles. The minimum absolute atomic E-state index is 0.0589. The van der Waals surface area contributed by atoms with Gasteiger partial charge >= 0.3 is 6.03 Å². The molecule has 5 aliphatic rings. The van der Waals surface area contributed by atoms with Gasteiger partial charge in [0, 0.05) is 50.7 Å². The summed E-state index contributed by atoms with van der Waals surface area (Å²) < 4.78 is 0. The van der Waals surface area contributed by atoms with Gasteiger partial charge in [0.15, 0.2) is 0 Å². The van der Waals surface area contributed by atoms with Crippen LogP contribution >= 0.6 is 0 Å². The summed E-state index contributed by atoms with van der Waals surface area (Å²) in [6.07, 6.45) is 7.06. The molecule has 5 atom stereocenters. The number of piperazine rings is 1. The molecule has 2 spiro atoms. The van der Waals surface area contributed by atoms with Crippen molar-refractivity contribution in [1.29, 1.82) is 0 Å². The smallest absolute Gasteiger partial charge is 0.315 e. The maximum absolute atomic E-state index is 14.7. The standard InChI is InChI=1S/C36H61N7O5/c1-22(2)25(20-42-16-14-38-15-17-42)40-32(48)41-28(33(3,4)5)31(47)43-21-36(34(6,7)35(36)12-9-13-35)19-26(43)30(46)39-24(27(44)29(37)45)18-23-10-8-11-23/h22-26,28,38H,8-21H2,1-7H3,(H2,37,45)(H,39,46)(H2,40,41,48)/t24?,25-,26+,28-,36-/m1/s1. The van der Waals surface area contributed by atoms with Crippen molar-refractivity contribution in [2.75, 3.05) is 39.3 Å². The molecular formula is C36H61N7O5. The van der Waals surface area contributed by atoms with Crippen LogP contribution in [0.25, 0.3) is 0 Å². The maximum Gasteiger partial charge on any atom is 0.315 e. The second-order valence-electron chi connectivity index (χ2n) is 17.5. The van der Waals surface area contributed by atoms with Crippen molar-refractivity contribution in [2.45, 2.75) is 124 Å². The fourth-order valence-corrected chi connectivity index (χ4v) is 9.55. The molecule has 0 bridgehead atoms. The number of likely N-dealkylation sites (tertiary alicyclic amines) is 1. The maximum atomic E-state index is 14.7. The van der Waals surface area contributed by atoms with Crippen molar-refractivity contribution in [1.82, 2.24) is 31.1 Å². The van der Waals surface area contributed by atoms with Crippen LogP contribution in [0.2, 0.25) is 0 Å². The zero-order chi connectivity index (χ0) is 35.2. The van der Waals surface area contributed by atoms with E-state index in [0.29, 0.717) is 19.4 Å². The van der Waals surface area contributed by atoms with Gasteiger partial charge in [-0.2, -0.15) is 0 Å². The number of nitrogens with one attached hydrogen (secondary N) is 4. The van der Waals surface area contributed by atoms with Crippen LogP contribution < -0.4 is 27.0 Å². The van der Waals surface area contributed by atoms with Crippen LogP contribution in [0.1, 0.15) is 99.8 Å². The number of fused-ring (bicyclic) bond motifs is 1. The predicted molar refractivity (Wildman–Crippen MR) is 184 cm³/mol. The third kappa shape index (κ3) is 6.60. The van der Waals surface area contributed by atoms with Crippen LogP contribution in [0.4, 0.5) is 4.79 Å². The molecule has 3 aliphatic carbocycles. The molecular weight excluding hydrogens is 610 g/mol. The van der Waals surface area contributed by atoms with Crippen LogP contribution in [0, 0.1) is 33.5 Å². The highest BCUT2D eigenvalue weighted by atomic mass is 16.2. The number of Topliss-reactive ketones (excluding diaryl/α,β-unsaturated/α-hetero) is 1. The zero-order valence-corrected chi connectivity index (χ0v) is 30.4. The molecule has 6 N–H and O–H groups in total. The van der Waals surface area contributed by atoms with Gasteiger partial charge in [-0.15, -0.1) is 0 Å². The molecule has 5 amide bonds. The lowest BCUT2D eigenvalue weighted by Crippen LogP contribution is -2.61. The van der Waals surface area contributed by atoms with Crippen LogP contribution in [-0.4, -0.2) is 103 Å². The van der Waals surface area contributed by atoms with Gasteiger partial charge in [-0.05, 0) is 53.8 Å². The van der Waals surface area contributed by atoms with E-state index >= 15 is 0 Å². The van der Waals surface area contributed by atoms with Crippen molar-refractivity contribution in [2.24, 2.45) is 39.2 Å². The average Bonchev–Trinajstić information content (AvgIpc) is 3.19. The Morgan fingerprint density at radius 1 is 0.938 bits per heavy atom. The molecule has 12 heteroatoms. The average molecular weight is 672 g/mol. The van der Waals surface area contributed by atoms with Crippen molar-refractivity contribution in [3.63, 3.8) is 0 Å². The van der Waals surface area contributed by atoms with Gasteiger partial charge in [0.25, 0.3) is 5.91 Å². The number of hydrogen-bond donors (Lipinski definition) is 5. The Hall–Kier alpha value is -2.73. The Bertz CT molecular complexity index is 1260. The molecule has 0 aromatic carbocycles. The van der Waals surface area contributed by atoms with Gasteiger partial charge in [0.2, 0.25) is 17.6 Å². The minimum Gasteiger partial charge on any atom is -0.363 e. The Balaban J connectivity index is 1.37. The van der Waals surface area contributed by atoms with Gasteiger partial charge in [-0.3, -0.25) is 24.1 Å². The molecule has 0 radical (unpaired) electrons. The fourth-order valence-electron chi connectivity index (χ4n) is 9.55. The van der Waals surface area contributed by atoms with Crippen LogP contribution in [0.15, 0.2) is 0 Å². The molecule has 0 aromatic heterocycles. The highest BCUT2D eigenvalue weighted by Gasteiger charge is 2.85. The third-order valence-electron chi connectivity index (χ3n) is 13.2. The number of carbonyl (C=O) groups is 5. The first-order valence-corrected chi connectivity index (χ1v) is 18.4. The van der Waals surface area contributed by atoms with E-state index in [2.05, 4.69) is 53.9 Å². The van der Waals surface area contributed by atoms with E-state index in [1.165, 1.54) is 0 Å². The highest BCUT2D eigenvalue weighted by Crippen LogP contribution is 2.88. The van der Waals surface area contributed by atoms with Gasteiger partial charge in [0.1, 0.15) is 12.1 Å². The van der Waals surface area contributed by atoms with E-state index < -0.39 is 47.2 Å². The third-order valence-corrected chi connectivity index (χ3v) is 13.2. The number of primary amides is 1. The first kappa shape index (κ1) is 36.5. The number of amides is 5. The number of ketones is 1. The Morgan fingerprint density at radius 3 is 2.06 bits per heavy atom. The molecule has 1 unspecified atom stereocenters. The molecule has 2 heterocycles. The molecule has 5 rings (SSSR count). The monoisotopic (exact) mass is 671 g/mol. The largest absolute Gasteiger partial charge is 0.363 e. The summed E-state index contributed by atoms with van der Waals surface area (Å²) in [6, 6.07) is -3.24. The normalized spacial score (nSPS) is 28.2. The van der Waals surface area contributed by atoms with Crippen LogP contribution in [0.3, 0.4) is 0 Å². The summed E-state index contributed by atoms with van der Waals surface area (Å²) >= 11 is 0. The SMILES string of the molecule is CC(C)[C@@H](CN1CCNCC1)NC(=O)N[C@H](C(=O)N1C[C@]2(C[C@H]1C(=O)NC(CC1CCC1)C(=O)C(N)=O)C(C)(C)C21CCC1)C(C)(C)C. The number of urea groups is 1. The summed E-state index contributed by atoms with van der Waals surface area (Å²) in [5, 5.41) is 12.4. The van der Waals surface area contributed by atoms with Crippen molar-refractivity contribution in [3.8, 4) is 0 Å². The van der Waals surface area contributed by atoms with E-state index in [9.17, 15) is 24.0 Å². The quantitative estimate of drug-likeness (QED) is 0.198. The molecule has 2 saturated heterocycles. The summed E-state index contributed by atoms with van der Waals surface area (Å²) in [4.78, 5) is 71.4. The van der Waals surface area contributed by atoms with Crippen molar-refractivity contribution < 1.29 is 24.0 Å². The second kappa shape index (κ2) is 13.5. The topological polar surface area (TPSA) is 166 Å². The summed E-state index contributed by atoms with van der Waals surface area (Å²) in [7, 11) is 0. The van der Waals surface area contributed by atoms with E-state index in [-0.39, 0.29) is 40.0 Å². The van der Waals surface area contributed by atoms with Gasteiger partial charge in [-0.1, -0.05) is 74.1 Å². The van der Waals surface area contributed by atoms with Gasteiger partial charge < -0.3 is 31.9 Å². The number of hydrogen-bond acceptors (Lipinski definition) is 7.